The van der Waals surface area contributed by atoms with Crippen molar-refractivity contribution in [2.45, 2.75) is 38.5 Å². The van der Waals surface area contributed by atoms with Gasteiger partial charge in [0.25, 0.3) is 0 Å². The summed E-state index contributed by atoms with van der Waals surface area (Å²) in [5.74, 6) is -2.15. The van der Waals surface area contributed by atoms with Crippen LogP contribution < -0.4 is 0 Å². The molecule has 2 rings (SSSR count). The van der Waals surface area contributed by atoms with E-state index in [-0.39, 0.29) is 12.8 Å². The number of carboxylic acid groups (broad SMARTS) is 2. The Kier molecular flexibility index (Phi) is 11.5. The van der Waals surface area contributed by atoms with Gasteiger partial charge in [-0.15, -0.1) is 0 Å². The zero-order valence-corrected chi connectivity index (χ0v) is 10.6. The van der Waals surface area contributed by atoms with E-state index in [4.69, 9.17) is 19.7 Å². The molecule has 0 amide bonds. The minimum absolute atomic E-state index is 0.296. The zero-order chi connectivity index (χ0) is 13.6. The molecule has 2 heterocycles. The Bertz CT molecular complexity index is 181. The van der Waals surface area contributed by atoms with Crippen LogP contribution in [0.15, 0.2) is 0 Å². The van der Waals surface area contributed by atoms with E-state index in [1.54, 1.807) is 0 Å². The molecule has 2 fully saturated rings. The van der Waals surface area contributed by atoms with Gasteiger partial charge in [-0.2, -0.15) is 0 Å². The van der Waals surface area contributed by atoms with Gasteiger partial charge in [-0.05, 0) is 25.7 Å². The Morgan fingerprint density at radius 1 is 0.722 bits per heavy atom. The fourth-order valence-electron chi connectivity index (χ4n) is 1.23. The van der Waals surface area contributed by atoms with Gasteiger partial charge in [0.05, 0.1) is 12.8 Å². The van der Waals surface area contributed by atoms with Crippen molar-refractivity contribution >= 4 is 11.9 Å². The second-order valence-corrected chi connectivity index (χ2v) is 3.93. The largest absolute Gasteiger partial charge is 0.481 e. The van der Waals surface area contributed by atoms with Gasteiger partial charge in [0.1, 0.15) is 0 Å². The lowest BCUT2D eigenvalue weighted by Gasteiger charge is -1.85. The number of carboxylic acids is 2. The zero-order valence-electron chi connectivity index (χ0n) is 10.6. The molecule has 2 N–H and O–H groups in total. The average molecular weight is 262 g/mol. The van der Waals surface area contributed by atoms with E-state index in [1.807, 2.05) is 0 Å². The van der Waals surface area contributed by atoms with Crippen molar-refractivity contribution in [1.29, 1.82) is 0 Å². The smallest absolute Gasteiger partial charge is 0.303 e. The number of carbonyl (C=O) groups is 2. The van der Waals surface area contributed by atoms with E-state index in [0.717, 1.165) is 26.4 Å². The van der Waals surface area contributed by atoms with Gasteiger partial charge < -0.3 is 19.7 Å². The van der Waals surface area contributed by atoms with E-state index in [0.29, 0.717) is 0 Å². The lowest BCUT2D eigenvalue weighted by Crippen LogP contribution is -2.00. The van der Waals surface area contributed by atoms with Gasteiger partial charge in [-0.1, -0.05) is 0 Å². The molecule has 6 heteroatoms. The van der Waals surface area contributed by atoms with E-state index in [1.165, 1.54) is 25.7 Å². The molecule has 0 atom stereocenters. The predicted molar refractivity (Wildman–Crippen MR) is 64.6 cm³/mol. The third kappa shape index (κ3) is 14.9. The Morgan fingerprint density at radius 3 is 1.11 bits per heavy atom. The minimum atomic E-state index is -1.08. The molecule has 0 aromatic rings. The van der Waals surface area contributed by atoms with Crippen molar-refractivity contribution in [2.75, 3.05) is 26.4 Å². The highest BCUT2D eigenvalue weighted by atomic mass is 16.5. The molecule has 0 radical (unpaired) electrons. The first-order valence-electron chi connectivity index (χ1n) is 6.22. The highest BCUT2D eigenvalue weighted by Gasteiger charge is 2.00. The van der Waals surface area contributed by atoms with Crippen molar-refractivity contribution in [3.8, 4) is 0 Å². The normalized spacial score (nSPS) is 17.1. The van der Waals surface area contributed by atoms with Crippen molar-refractivity contribution < 1.29 is 29.3 Å². The van der Waals surface area contributed by atoms with Gasteiger partial charge in [0, 0.05) is 26.4 Å². The van der Waals surface area contributed by atoms with Crippen molar-refractivity contribution in [3.63, 3.8) is 0 Å². The van der Waals surface area contributed by atoms with E-state index >= 15 is 0 Å². The van der Waals surface area contributed by atoms with Crippen LogP contribution in [0.3, 0.4) is 0 Å². The molecule has 18 heavy (non-hydrogen) atoms. The third-order valence-electron chi connectivity index (χ3n) is 2.21. The summed E-state index contributed by atoms with van der Waals surface area (Å²) in [6, 6.07) is 0. The Balaban J connectivity index is 0.000000250. The monoisotopic (exact) mass is 262 g/mol. The molecule has 0 aromatic carbocycles. The summed E-state index contributed by atoms with van der Waals surface area (Å²) in [4.78, 5) is 19.3. The lowest BCUT2D eigenvalue weighted by molar-refractivity contribution is -0.143. The number of hydrogen-bond donors (Lipinski definition) is 2. The number of aliphatic carboxylic acids is 2. The summed E-state index contributed by atoms with van der Waals surface area (Å²) in [6.07, 6.45) is 4.52. The fourth-order valence-corrected chi connectivity index (χ4v) is 1.23. The molecule has 0 aliphatic carbocycles. The molecule has 0 aromatic heterocycles. The Labute approximate surface area is 107 Å². The van der Waals surface area contributed by atoms with Crippen LogP contribution in [0.5, 0.6) is 0 Å². The first kappa shape index (κ1) is 16.9. The lowest BCUT2D eigenvalue weighted by atomic mass is 10.3. The minimum Gasteiger partial charge on any atom is -0.481 e. The van der Waals surface area contributed by atoms with Crippen molar-refractivity contribution in [1.82, 2.24) is 0 Å². The Morgan fingerprint density at radius 2 is 1.00 bits per heavy atom. The number of ether oxygens (including phenoxy) is 2. The Hall–Kier alpha value is -1.14. The molecule has 106 valence electrons. The summed E-state index contributed by atoms with van der Waals surface area (Å²) in [5.41, 5.74) is 0. The summed E-state index contributed by atoms with van der Waals surface area (Å²) in [5, 5.41) is 15.8. The van der Waals surface area contributed by atoms with Crippen LogP contribution in [-0.2, 0) is 19.1 Å². The van der Waals surface area contributed by atoms with Crippen molar-refractivity contribution in [2.24, 2.45) is 0 Å². The van der Waals surface area contributed by atoms with E-state index < -0.39 is 11.9 Å². The average Bonchev–Trinajstić information content (AvgIpc) is 3.03. The molecule has 0 spiro atoms. The molecular formula is C12H22O6. The molecule has 2 aliphatic heterocycles. The predicted octanol–water partition coefficient (Wildman–Crippen LogP) is 1.53. The van der Waals surface area contributed by atoms with Gasteiger partial charge >= 0.3 is 11.9 Å². The van der Waals surface area contributed by atoms with Crippen LogP contribution in [0.2, 0.25) is 0 Å². The summed E-state index contributed by atoms with van der Waals surface area (Å²) in [7, 11) is 0. The third-order valence-corrected chi connectivity index (χ3v) is 2.21. The van der Waals surface area contributed by atoms with Gasteiger partial charge in [-0.25, -0.2) is 0 Å². The van der Waals surface area contributed by atoms with Gasteiger partial charge in [0.2, 0.25) is 0 Å². The maximum Gasteiger partial charge on any atom is 0.303 e. The summed E-state index contributed by atoms with van der Waals surface area (Å²) in [6.45, 7) is 4.00. The quantitative estimate of drug-likeness (QED) is 0.801. The fraction of sp³-hybridized carbons (Fsp3) is 0.833. The molecule has 2 saturated heterocycles. The van der Waals surface area contributed by atoms with Crippen LogP contribution in [0.25, 0.3) is 0 Å². The molecule has 0 bridgehead atoms. The second kappa shape index (κ2) is 12.3. The SMILES string of the molecule is C1CCOC1.C1CCOC1.O=C(O)CCC(=O)O. The van der Waals surface area contributed by atoms with Gasteiger partial charge in [0.15, 0.2) is 0 Å². The summed E-state index contributed by atoms with van der Waals surface area (Å²) >= 11 is 0. The van der Waals surface area contributed by atoms with E-state index in [9.17, 15) is 9.59 Å². The molecule has 0 saturated carbocycles. The maximum atomic E-state index is 9.64. The van der Waals surface area contributed by atoms with Crippen LogP contribution >= 0.6 is 0 Å². The van der Waals surface area contributed by atoms with Crippen LogP contribution in [-0.4, -0.2) is 48.6 Å². The topological polar surface area (TPSA) is 93.1 Å². The first-order valence-corrected chi connectivity index (χ1v) is 6.22. The highest BCUT2D eigenvalue weighted by Crippen LogP contribution is 1.98. The van der Waals surface area contributed by atoms with E-state index in [2.05, 4.69) is 0 Å². The van der Waals surface area contributed by atoms with Crippen LogP contribution in [0.1, 0.15) is 38.5 Å². The molecule has 0 unspecified atom stereocenters. The number of hydrogen-bond acceptors (Lipinski definition) is 4. The molecule has 6 nitrogen and oxygen atoms in total. The standard InChI is InChI=1S/C4H6O4.2C4H8O/c5-3(6)1-2-4(7)8;2*1-2-4-5-3-1/h1-2H2,(H,5,6)(H,7,8);2*1-4H2. The van der Waals surface area contributed by atoms with Crippen molar-refractivity contribution in [3.05, 3.63) is 0 Å². The molecular weight excluding hydrogens is 240 g/mol. The van der Waals surface area contributed by atoms with Crippen LogP contribution in [0, 0.1) is 0 Å². The summed E-state index contributed by atoms with van der Waals surface area (Å²) < 4.78 is 9.89. The molecule has 2 aliphatic rings. The second-order valence-electron chi connectivity index (χ2n) is 3.93. The first-order chi connectivity index (χ1) is 8.63. The van der Waals surface area contributed by atoms with Crippen LogP contribution in [0.4, 0.5) is 0 Å². The van der Waals surface area contributed by atoms with Gasteiger partial charge in [-0.3, -0.25) is 9.59 Å². The number of rotatable bonds is 3. The maximum absolute atomic E-state index is 9.64. The highest BCUT2D eigenvalue weighted by molar-refractivity contribution is 5.75.